The maximum Gasteiger partial charge on any atom is 0.135 e. The Hall–Kier alpha value is 0.650. The van der Waals surface area contributed by atoms with Crippen LogP contribution in [0.5, 0.6) is 0 Å². The van der Waals surface area contributed by atoms with Crippen LogP contribution in [0.4, 0.5) is 0 Å². The van der Waals surface area contributed by atoms with Gasteiger partial charge in [0.2, 0.25) is 0 Å². The number of unbranched alkanes of at least 4 members (excludes halogenated alkanes) is 1. The van der Waals surface area contributed by atoms with Crippen LogP contribution in [0.15, 0.2) is 0 Å². The molecule has 0 spiro atoms. The molecule has 0 saturated carbocycles. The average molecular weight is 325 g/mol. The van der Waals surface area contributed by atoms with Gasteiger partial charge in [0.25, 0.3) is 0 Å². The zero-order valence-corrected chi connectivity index (χ0v) is 12.5. The van der Waals surface area contributed by atoms with E-state index in [4.69, 9.17) is 0 Å². The van der Waals surface area contributed by atoms with Gasteiger partial charge >= 0.3 is 0 Å². The van der Waals surface area contributed by atoms with Gasteiger partial charge in [-0.3, -0.25) is 4.90 Å². The summed E-state index contributed by atoms with van der Waals surface area (Å²) in [7, 11) is 0. The molecule has 1 unspecified atom stereocenters. The topological polar surface area (TPSA) is 3.24 Å². The zero-order chi connectivity index (χ0) is 11.1. The Morgan fingerprint density at radius 1 is 1.20 bits per heavy atom. The lowest BCUT2D eigenvalue weighted by Crippen LogP contribution is -2.49. The molecule has 0 aromatic carbocycles. The molecule has 0 radical (unpaired) electrons. The highest BCUT2D eigenvalue weighted by molar-refractivity contribution is 14.1. The summed E-state index contributed by atoms with van der Waals surface area (Å²) in [6.07, 6.45) is 4.03. The molecule has 1 rings (SSSR count). The number of alkyl halides is 1. The van der Waals surface area contributed by atoms with Crippen molar-refractivity contribution in [2.75, 3.05) is 43.8 Å². The minimum Gasteiger partial charge on any atom is -0.309 e. The van der Waals surface area contributed by atoms with Crippen molar-refractivity contribution in [3.63, 3.8) is 0 Å². The number of halogens is 1. The summed E-state index contributed by atoms with van der Waals surface area (Å²) in [5, 5.41) is 0. The molecule has 0 aromatic heterocycles. The normalized spacial score (nSPS) is 27.4. The molecule has 0 bridgehead atoms. The van der Waals surface area contributed by atoms with Gasteiger partial charge in [-0.05, 0) is 12.8 Å². The van der Waals surface area contributed by atoms with Crippen molar-refractivity contribution in [2.45, 2.75) is 33.1 Å². The van der Waals surface area contributed by atoms with Crippen molar-refractivity contribution in [3.05, 3.63) is 0 Å². The van der Waals surface area contributed by atoms with Gasteiger partial charge in [-0.15, -0.1) is 0 Å². The van der Waals surface area contributed by atoms with Crippen LogP contribution in [0.2, 0.25) is 0 Å². The smallest absolute Gasteiger partial charge is 0.135 e. The monoisotopic (exact) mass is 325 g/mol. The Balaban J connectivity index is 2.40. The fraction of sp³-hybridized carbons (Fsp3) is 1.00. The van der Waals surface area contributed by atoms with E-state index in [1.807, 2.05) is 0 Å². The summed E-state index contributed by atoms with van der Waals surface area (Å²) >= 11 is 2.53. The molecule has 1 heterocycles. The Kier molecular flexibility index (Phi) is 6.46. The first kappa shape index (κ1) is 13.7. The highest BCUT2D eigenvalue weighted by Crippen LogP contribution is 2.18. The Labute approximate surface area is 109 Å². The summed E-state index contributed by atoms with van der Waals surface area (Å²) in [6, 6.07) is 0. The molecule has 90 valence electrons. The fourth-order valence-corrected chi connectivity index (χ4v) is 3.64. The van der Waals surface area contributed by atoms with Gasteiger partial charge in [-0.25, -0.2) is 0 Å². The van der Waals surface area contributed by atoms with E-state index in [0.29, 0.717) is 0 Å². The third kappa shape index (κ3) is 4.19. The van der Waals surface area contributed by atoms with Crippen LogP contribution in [0.25, 0.3) is 0 Å². The lowest BCUT2D eigenvalue weighted by Gasteiger charge is -2.33. The highest BCUT2D eigenvalue weighted by Gasteiger charge is 2.34. The van der Waals surface area contributed by atoms with Crippen molar-refractivity contribution in [2.24, 2.45) is 0 Å². The second-order valence-electron chi connectivity index (χ2n) is 4.81. The van der Waals surface area contributed by atoms with Gasteiger partial charge < -0.3 is 4.48 Å². The maximum atomic E-state index is 2.67. The van der Waals surface area contributed by atoms with Crippen LogP contribution >= 0.6 is 22.6 Å². The van der Waals surface area contributed by atoms with Crippen molar-refractivity contribution in [3.8, 4) is 0 Å². The summed E-state index contributed by atoms with van der Waals surface area (Å²) < 4.78 is 2.67. The molecular weight excluding hydrogens is 299 g/mol. The third-order valence-electron chi connectivity index (χ3n) is 3.48. The first-order valence-electron chi connectivity index (χ1n) is 6.40. The van der Waals surface area contributed by atoms with Gasteiger partial charge in [0.1, 0.15) is 6.67 Å². The minimum atomic E-state index is 1.30. The molecule has 1 saturated heterocycles. The summed E-state index contributed by atoms with van der Waals surface area (Å²) in [5.41, 5.74) is 0. The maximum absolute atomic E-state index is 2.67. The molecule has 1 fully saturated rings. The number of hydrogen-bond donors (Lipinski definition) is 0. The van der Waals surface area contributed by atoms with Crippen molar-refractivity contribution in [1.82, 2.24) is 4.90 Å². The molecule has 15 heavy (non-hydrogen) atoms. The van der Waals surface area contributed by atoms with E-state index < -0.39 is 0 Å². The van der Waals surface area contributed by atoms with Gasteiger partial charge in [0.15, 0.2) is 0 Å². The van der Waals surface area contributed by atoms with E-state index in [9.17, 15) is 0 Å². The lowest BCUT2D eigenvalue weighted by atomic mass is 10.3. The lowest BCUT2D eigenvalue weighted by molar-refractivity contribution is -0.918. The molecule has 0 aromatic rings. The molecular formula is C12H26IN2+. The molecule has 2 nitrogen and oxygen atoms in total. The van der Waals surface area contributed by atoms with Crippen LogP contribution in [0.3, 0.4) is 0 Å². The van der Waals surface area contributed by atoms with Crippen molar-refractivity contribution in [1.29, 1.82) is 0 Å². The number of hydrogen-bond acceptors (Lipinski definition) is 1. The first-order valence-corrected chi connectivity index (χ1v) is 7.92. The molecule has 3 heteroatoms. The van der Waals surface area contributed by atoms with Crippen molar-refractivity contribution >= 4 is 22.6 Å². The van der Waals surface area contributed by atoms with E-state index in [0.717, 1.165) is 0 Å². The van der Waals surface area contributed by atoms with Crippen LogP contribution in [0.1, 0.15) is 33.1 Å². The molecule has 1 aliphatic heterocycles. The Morgan fingerprint density at radius 2 is 2.00 bits per heavy atom. The first-order chi connectivity index (χ1) is 7.26. The SMILES string of the molecule is CCCCN1CC[N+](CCC)(CCI)C1. The van der Waals surface area contributed by atoms with Gasteiger partial charge in [0.05, 0.1) is 26.2 Å². The quantitative estimate of drug-likeness (QED) is 0.395. The number of nitrogens with zero attached hydrogens (tertiary/aromatic N) is 2. The van der Waals surface area contributed by atoms with E-state index in [1.165, 1.54) is 67.6 Å². The molecule has 0 aliphatic carbocycles. The molecule has 1 aliphatic rings. The second kappa shape index (κ2) is 7.07. The Bertz CT molecular complexity index is 167. The number of rotatable bonds is 7. The summed E-state index contributed by atoms with van der Waals surface area (Å²) in [4.78, 5) is 2.67. The van der Waals surface area contributed by atoms with E-state index >= 15 is 0 Å². The van der Waals surface area contributed by atoms with Crippen LogP contribution in [-0.2, 0) is 0 Å². The summed E-state index contributed by atoms with van der Waals surface area (Å²) in [5.74, 6) is 0. The second-order valence-corrected chi connectivity index (χ2v) is 5.89. The van der Waals surface area contributed by atoms with E-state index in [1.54, 1.807) is 0 Å². The van der Waals surface area contributed by atoms with Crippen LogP contribution in [-0.4, -0.2) is 53.2 Å². The summed E-state index contributed by atoms with van der Waals surface area (Å²) in [6.45, 7) is 12.7. The van der Waals surface area contributed by atoms with E-state index in [2.05, 4.69) is 41.3 Å². The van der Waals surface area contributed by atoms with E-state index in [-0.39, 0.29) is 0 Å². The average Bonchev–Trinajstić information content (AvgIpc) is 2.60. The minimum absolute atomic E-state index is 1.30. The largest absolute Gasteiger partial charge is 0.309 e. The van der Waals surface area contributed by atoms with Crippen LogP contribution < -0.4 is 0 Å². The predicted molar refractivity (Wildman–Crippen MR) is 75.4 cm³/mol. The van der Waals surface area contributed by atoms with Gasteiger partial charge in [0, 0.05) is 11.0 Å². The third-order valence-corrected chi connectivity index (χ3v) is 3.96. The van der Waals surface area contributed by atoms with Gasteiger partial charge in [-0.2, -0.15) is 0 Å². The molecule has 0 amide bonds. The van der Waals surface area contributed by atoms with Gasteiger partial charge in [-0.1, -0.05) is 42.9 Å². The molecule has 1 atom stereocenters. The standard InChI is InChI=1S/C12H26IN2/c1-3-5-7-14-8-11-15(12-14,9-4-2)10-6-13/h3-12H2,1-2H3/q+1. The Morgan fingerprint density at radius 3 is 2.60 bits per heavy atom. The molecule has 0 N–H and O–H groups in total. The predicted octanol–water partition coefficient (Wildman–Crippen LogP) is 2.72. The van der Waals surface area contributed by atoms with Crippen LogP contribution in [0, 0.1) is 0 Å². The number of quaternary nitrogens is 1. The zero-order valence-electron chi connectivity index (χ0n) is 10.3. The fourth-order valence-electron chi connectivity index (χ4n) is 2.61. The van der Waals surface area contributed by atoms with Crippen molar-refractivity contribution < 1.29 is 4.48 Å². The highest BCUT2D eigenvalue weighted by atomic mass is 127.